The summed E-state index contributed by atoms with van der Waals surface area (Å²) < 4.78 is 24.3. The van der Waals surface area contributed by atoms with Gasteiger partial charge in [0.05, 0.1) is 0 Å². The number of halogens is 2. The number of aliphatic carboxylic acids is 1. The van der Waals surface area contributed by atoms with Gasteiger partial charge in [-0.2, -0.15) is 0 Å². The highest BCUT2D eigenvalue weighted by molar-refractivity contribution is 5.83. The number of carboxylic acids is 1. The van der Waals surface area contributed by atoms with Crippen LogP contribution in [0.15, 0.2) is 0 Å². The first-order valence-electron chi connectivity index (χ1n) is 6.08. The number of alkyl halides is 2. The van der Waals surface area contributed by atoms with Crippen molar-refractivity contribution in [2.24, 2.45) is 11.8 Å². The number of carboxylic acid groups (broad SMARTS) is 1. The van der Waals surface area contributed by atoms with E-state index in [1.54, 1.807) is 0 Å². The summed E-state index contributed by atoms with van der Waals surface area (Å²) in [5, 5.41) is 10.9. The summed E-state index contributed by atoms with van der Waals surface area (Å²) in [4.78, 5) is 22.3. The molecule has 0 aromatic carbocycles. The SMILES string of the molecule is CCC(CC(=O)NC(CC(F)F)C(=O)O)C(C)C. The van der Waals surface area contributed by atoms with E-state index in [9.17, 15) is 18.4 Å². The Morgan fingerprint density at radius 3 is 2.17 bits per heavy atom. The first-order valence-corrected chi connectivity index (χ1v) is 6.08. The topological polar surface area (TPSA) is 66.4 Å². The lowest BCUT2D eigenvalue weighted by Gasteiger charge is -2.20. The Labute approximate surface area is 106 Å². The van der Waals surface area contributed by atoms with Crippen molar-refractivity contribution in [1.82, 2.24) is 5.32 Å². The van der Waals surface area contributed by atoms with E-state index in [0.29, 0.717) is 5.92 Å². The van der Waals surface area contributed by atoms with E-state index in [1.807, 2.05) is 20.8 Å². The van der Waals surface area contributed by atoms with E-state index in [1.165, 1.54) is 0 Å². The quantitative estimate of drug-likeness (QED) is 0.707. The van der Waals surface area contributed by atoms with Crippen LogP contribution < -0.4 is 5.32 Å². The summed E-state index contributed by atoms with van der Waals surface area (Å²) in [6.07, 6.45) is -2.66. The Bertz CT molecular complexity index is 282. The normalized spacial score (nSPS) is 14.6. The molecule has 0 spiro atoms. The molecule has 0 aliphatic heterocycles. The van der Waals surface area contributed by atoms with Gasteiger partial charge in [-0.05, 0) is 11.8 Å². The van der Waals surface area contributed by atoms with E-state index >= 15 is 0 Å². The van der Waals surface area contributed by atoms with Gasteiger partial charge in [0.1, 0.15) is 6.04 Å². The van der Waals surface area contributed by atoms with Crippen molar-refractivity contribution < 1.29 is 23.5 Å². The first-order chi connectivity index (χ1) is 8.27. The van der Waals surface area contributed by atoms with Gasteiger partial charge in [-0.25, -0.2) is 13.6 Å². The molecule has 2 unspecified atom stereocenters. The summed E-state index contributed by atoms with van der Waals surface area (Å²) in [5.74, 6) is -1.49. The van der Waals surface area contributed by atoms with Crippen LogP contribution in [0.3, 0.4) is 0 Å². The number of hydrogen-bond donors (Lipinski definition) is 2. The predicted octanol–water partition coefficient (Wildman–Crippen LogP) is 2.28. The maximum absolute atomic E-state index is 12.1. The average molecular weight is 265 g/mol. The summed E-state index contributed by atoms with van der Waals surface area (Å²) in [6, 6.07) is -1.51. The Morgan fingerprint density at radius 1 is 1.28 bits per heavy atom. The van der Waals surface area contributed by atoms with Gasteiger partial charge in [-0.15, -0.1) is 0 Å². The molecule has 0 saturated carbocycles. The van der Waals surface area contributed by atoms with Crippen LogP contribution in [0.2, 0.25) is 0 Å². The molecule has 4 nitrogen and oxygen atoms in total. The second-order valence-corrected chi connectivity index (χ2v) is 4.70. The highest BCUT2D eigenvalue weighted by Crippen LogP contribution is 2.18. The standard InChI is InChI=1S/C12H21F2NO3/c1-4-8(7(2)3)5-11(16)15-9(12(17)18)6-10(13)14/h7-10H,4-6H2,1-3H3,(H,15,16)(H,17,18). The number of hydrogen-bond acceptors (Lipinski definition) is 2. The predicted molar refractivity (Wildman–Crippen MR) is 63.4 cm³/mol. The van der Waals surface area contributed by atoms with Crippen molar-refractivity contribution in [3.63, 3.8) is 0 Å². The maximum Gasteiger partial charge on any atom is 0.326 e. The van der Waals surface area contributed by atoms with Crippen LogP contribution in [0.25, 0.3) is 0 Å². The zero-order chi connectivity index (χ0) is 14.3. The van der Waals surface area contributed by atoms with Gasteiger partial charge < -0.3 is 10.4 Å². The monoisotopic (exact) mass is 265 g/mol. The van der Waals surface area contributed by atoms with Crippen molar-refractivity contribution in [2.45, 2.75) is 52.5 Å². The molecule has 6 heteroatoms. The average Bonchev–Trinajstić information content (AvgIpc) is 2.23. The van der Waals surface area contributed by atoms with Crippen LogP contribution in [0.5, 0.6) is 0 Å². The van der Waals surface area contributed by atoms with E-state index in [-0.39, 0.29) is 12.3 Å². The van der Waals surface area contributed by atoms with Crippen molar-refractivity contribution in [1.29, 1.82) is 0 Å². The Hall–Kier alpha value is -1.20. The summed E-state index contributed by atoms with van der Waals surface area (Å²) >= 11 is 0. The van der Waals surface area contributed by atoms with Crippen LogP contribution in [-0.2, 0) is 9.59 Å². The molecule has 1 amide bonds. The summed E-state index contributed by atoms with van der Waals surface area (Å²) in [5.41, 5.74) is 0. The van der Waals surface area contributed by atoms with Crippen LogP contribution in [0.4, 0.5) is 8.78 Å². The van der Waals surface area contributed by atoms with Gasteiger partial charge in [0, 0.05) is 12.8 Å². The molecule has 18 heavy (non-hydrogen) atoms. The summed E-state index contributed by atoms with van der Waals surface area (Å²) in [6.45, 7) is 5.87. The second-order valence-electron chi connectivity index (χ2n) is 4.70. The molecular weight excluding hydrogens is 244 g/mol. The van der Waals surface area contributed by atoms with Crippen LogP contribution in [0, 0.1) is 11.8 Å². The zero-order valence-electron chi connectivity index (χ0n) is 11.0. The van der Waals surface area contributed by atoms with E-state index in [4.69, 9.17) is 5.11 Å². The second kappa shape index (κ2) is 8.00. The van der Waals surface area contributed by atoms with Crippen LogP contribution >= 0.6 is 0 Å². The van der Waals surface area contributed by atoms with Gasteiger partial charge in [0.25, 0.3) is 0 Å². The Balaban J connectivity index is 4.37. The fourth-order valence-electron chi connectivity index (χ4n) is 1.74. The Kier molecular flexibility index (Phi) is 7.47. The molecular formula is C12H21F2NO3. The van der Waals surface area contributed by atoms with E-state index < -0.39 is 30.8 Å². The van der Waals surface area contributed by atoms with Gasteiger partial charge in [0.15, 0.2) is 0 Å². The smallest absolute Gasteiger partial charge is 0.326 e. The largest absolute Gasteiger partial charge is 0.480 e. The molecule has 0 aliphatic carbocycles. The molecule has 0 heterocycles. The maximum atomic E-state index is 12.1. The Morgan fingerprint density at radius 2 is 1.83 bits per heavy atom. The minimum atomic E-state index is -2.75. The third kappa shape index (κ3) is 6.51. The molecule has 0 rings (SSSR count). The molecule has 2 N–H and O–H groups in total. The van der Waals surface area contributed by atoms with Gasteiger partial charge in [0.2, 0.25) is 12.3 Å². The number of rotatable bonds is 8. The highest BCUT2D eigenvalue weighted by Gasteiger charge is 2.25. The highest BCUT2D eigenvalue weighted by atomic mass is 19.3. The molecule has 0 aliphatic rings. The van der Waals surface area contributed by atoms with Gasteiger partial charge in [-0.1, -0.05) is 27.2 Å². The molecule has 0 aromatic heterocycles. The molecule has 2 atom stereocenters. The number of nitrogens with one attached hydrogen (secondary N) is 1. The van der Waals surface area contributed by atoms with Gasteiger partial charge >= 0.3 is 5.97 Å². The molecule has 106 valence electrons. The lowest BCUT2D eigenvalue weighted by Crippen LogP contribution is -2.42. The molecule has 0 radical (unpaired) electrons. The third-order valence-corrected chi connectivity index (χ3v) is 2.96. The number of carbonyl (C=O) groups excluding carboxylic acids is 1. The lowest BCUT2D eigenvalue weighted by molar-refractivity contribution is -0.143. The fraction of sp³-hybridized carbons (Fsp3) is 0.833. The lowest BCUT2D eigenvalue weighted by atomic mass is 9.90. The number of carbonyl (C=O) groups is 2. The molecule has 0 aromatic rings. The van der Waals surface area contributed by atoms with E-state index in [2.05, 4.69) is 5.32 Å². The van der Waals surface area contributed by atoms with Crippen molar-refractivity contribution in [3.05, 3.63) is 0 Å². The van der Waals surface area contributed by atoms with Crippen molar-refractivity contribution in [2.75, 3.05) is 0 Å². The van der Waals surface area contributed by atoms with Crippen molar-refractivity contribution >= 4 is 11.9 Å². The fourth-order valence-corrected chi connectivity index (χ4v) is 1.74. The molecule has 0 fully saturated rings. The molecule has 0 bridgehead atoms. The van der Waals surface area contributed by atoms with Crippen LogP contribution in [-0.4, -0.2) is 29.5 Å². The zero-order valence-corrected chi connectivity index (χ0v) is 11.0. The third-order valence-electron chi connectivity index (χ3n) is 2.96. The summed E-state index contributed by atoms with van der Waals surface area (Å²) in [7, 11) is 0. The number of amides is 1. The van der Waals surface area contributed by atoms with Crippen molar-refractivity contribution in [3.8, 4) is 0 Å². The molecule has 0 saturated heterocycles. The van der Waals surface area contributed by atoms with Gasteiger partial charge in [-0.3, -0.25) is 4.79 Å². The van der Waals surface area contributed by atoms with E-state index in [0.717, 1.165) is 6.42 Å². The van der Waals surface area contributed by atoms with Crippen LogP contribution in [0.1, 0.15) is 40.0 Å². The minimum absolute atomic E-state index is 0.131. The first kappa shape index (κ1) is 16.8. The minimum Gasteiger partial charge on any atom is -0.480 e.